The predicted molar refractivity (Wildman–Crippen MR) is 121 cm³/mol. The van der Waals surface area contributed by atoms with Gasteiger partial charge in [0.1, 0.15) is 0 Å². The van der Waals surface area contributed by atoms with E-state index in [9.17, 15) is 0 Å². The summed E-state index contributed by atoms with van der Waals surface area (Å²) in [5.74, 6) is 0. The zero-order valence-corrected chi connectivity index (χ0v) is 18.2. The number of benzene rings is 1. The van der Waals surface area contributed by atoms with Crippen molar-refractivity contribution in [1.29, 1.82) is 0 Å². The van der Waals surface area contributed by atoms with Crippen LogP contribution in [0, 0.1) is 0 Å². The average molecular weight is 495 g/mol. The number of rotatable bonds is 5. The van der Waals surface area contributed by atoms with Gasteiger partial charge in [-0.05, 0) is 58.7 Å². The van der Waals surface area contributed by atoms with Crippen molar-refractivity contribution in [3.05, 3.63) is 90.3 Å². The minimum Gasteiger partial charge on any atom is -0.255 e. The Bertz CT molecular complexity index is 1030. The lowest BCUT2D eigenvalue weighted by Crippen LogP contribution is -1.95. The molecule has 3 nitrogen and oxygen atoms in total. The van der Waals surface area contributed by atoms with E-state index in [0.29, 0.717) is 0 Å². The lowest BCUT2D eigenvalue weighted by molar-refractivity contribution is 1.22. The second-order valence-corrected chi connectivity index (χ2v) is 7.43. The first-order valence-electron chi connectivity index (χ1n) is 8.87. The third kappa shape index (κ3) is 4.05. The number of hydrogen-bond donors (Lipinski definition) is 0. The Morgan fingerprint density at radius 1 is 0.571 bits per heavy atom. The summed E-state index contributed by atoms with van der Waals surface area (Å²) in [6, 6.07) is 22.5. The predicted octanol–water partition coefficient (Wildman–Crippen LogP) is 6.66. The van der Waals surface area contributed by atoms with Crippen LogP contribution in [0.15, 0.2) is 79.1 Å². The molecule has 3 heterocycles. The number of nitrogens with zero attached hydrogens (tertiary/aromatic N) is 3. The summed E-state index contributed by atoms with van der Waals surface area (Å²) in [6.07, 6.45) is 3.58. The van der Waals surface area contributed by atoms with Crippen molar-refractivity contribution in [3.63, 3.8) is 0 Å². The summed E-state index contributed by atoms with van der Waals surface area (Å²) < 4.78 is 0. The highest BCUT2D eigenvalue weighted by Gasteiger charge is 2.11. The van der Waals surface area contributed by atoms with Gasteiger partial charge < -0.3 is 0 Å². The molecule has 28 heavy (non-hydrogen) atoms. The van der Waals surface area contributed by atoms with Crippen LogP contribution in [-0.4, -0.2) is 15.0 Å². The van der Waals surface area contributed by atoms with E-state index >= 15 is 0 Å². The molecule has 5 heteroatoms. The zero-order valence-electron chi connectivity index (χ0n) is 15.0. The third-order valence-electron chi connectivity index (χ3n) is 4.51. The van der Waals surface area contributed by atoms with Crippen LogP contribution >= 0.6 is 31.9 Å². The SMILES string of the molecule is BrCc1ccc(-c2cc(-c3ccccn3)nc(-c3ccccn3)c2)cc1CBr. The number of hydrogen-bond acceptors (Lipinski definition) is 3. The molecule has 0 spiro atoms. The van der Waals surface area contributed by atoms with Gasteiger partial charge in [0.15, 0.2) is 0 Å². The fourth-order valence-corrected chi connectivity index (χ4v) is 4.12. The van der Waals surface area contributed by atoms with Crippen molar-refractivity contribution in [2.75, 3.05) is 0 Å². The standard InChI is InChI=1S/C23H17Br2N3/c24-14-17-8-7-16(11-19(17)15-25)18-12-22(20-5-1-3-9-26-20)28-23(13-18)21-6-2-4-10-27-21/h1-13H,14-15H2. The minimum absolute atomic E-state index is 0.813. The largest absolute Gasteiger partial charge is 0.255 e. The van der Waals surface area contributed by atoms with Gasteiger partial charge in [-0.3, -0.25) is 9.97 Å². The second-order valence-electron chi connectivity index (χ2n) is 6.31. The van der Waals surface area contributed by atoms with E-state index in [1.54, 1.807) is 12.4 Å². The Kier molecular flexibility index (Phi) is 5.93. The second kappa shape index (κ2) is 8.76. The summed E-state index contributed by atoms with van der Waals surface area (Å²) in [7, 11) is 0. The highest BCUT2D eigenvalue weighted by Crippen LogP contribution is 2.31. The number of halogens is 2. The molecular weight excluding hydrogens is 478 g/mol. The molecule has 0 aliphatic carbocycles. The molecule has 4 aromatic rings. The van der Waals surface area contributed by atoms with Crippen molar-refractivity contribution >= 4 is 31.9 Å². The van der Waals surface area contributed by atoms with Crippen LogP contribution in [0.2, 0.25) is 0 Å². The van der Waals surface area contributed by atoms with Crippen LogP contribution in [0.25, 0.3) is 33.9 Å². The summed E-state index contributed by atoms with van der Waals surface area (Å²) >= 11 is 7.17. The van der Waals surface area contributed by atoms with E-state index in [-0.39, 0.29) is 0 Å². The van der Waals surface area contributed by atoms with Crippen LogP contribution < -0.4 is 0 Å². The Morgan fingerprint density at radius 3 is 1.68 bits per heavy atom. The maximum atomic E-state index is 4.83. The molecule has 0 fully saturated rings. The van der Waals surface area contributed by atoms with Crippen molar-refractivity contribution < 1.29 is 0 Å². The number of alkyl halides is 2. The highest BCUT2D eigenvalue weighted by molar-refractivity contribution is 9.09. The van der Waals surface area contributed by atoms with Crippen molar-refractivity contribution in [1.82, 2.24) is 15.0 Å². The summed E-state index contributed by atoms with van der Waals surface area (Å²) in [6.45, 7) is 0. The third-order valence-corrected chi connectivity index (χ3v) is 5.72. The molecule has 0 bridgehead atoms. The van der Waals surface area contributed by atoms with Crippen LogP contribution in [-0.2, 0) is 10.7 Å². The monoisotopic (exact) mass is 493 g/mol. The van der Waals surface area contributed by atoms with E-state index in [4.69, 9.17) is 4.98 Å². The lowest BCUT2D eigenvalue weighted by atomic mass is 9.99. The molecule has 0 N–H and O–H groups in total. The van der Waals surface area contributed by atoms with Gasteiger partial charge in [-0.2, -0.15) is 0 Å². The first-order valence-corrected chi connectivity index (χ1v) is 11.1. The Labute approximate surface area is 181 Å². The van der Waals surface area contributed by atoms with E-state index in [1.807, 2.05) is 36.4 Å². The normalized spacial score (nSPS) is 10.8. The number of pyridine rings is 3. The van der Waals surface area contributed by atoms with Gasteiger partial charge in [0.2, 0.25) is 0 Å². The van der Waals surface area contributed by atoms with Gasteiger partial charge in [-0.1, -0.05) is 62.2 Å². The lowest BCUT2D eigenvalue weighted by Gasteiger charge is -2.11. The minimum atomic E-state index is 0.813. The molecule has 0 aliphatic rings. The zero-order chi connectivity index (χ0) is 19.3. The van der Waals surface area contributed by atoms with Crippen molar-refractivity contribution in [2.45, 2.75) is 10.7 Å². The molecule has 0 radical (unpaired) electrons. The molecule has 0 atom stereocenters. The fourth-order valence-electron chi connectivity index (χ4n) is 3.05. The van der Waals surface area contributed by atoms with Crippen LogP contribution in [0.1, 0.15) is 11.1 Å². The van der Waals surface area contributed by atoms with Crippen LogP contribution in [0.4, 0.5) is 0 Å². The molecule has 0 aliphatic heterocycles. The van der Waals surface area contributed by atoms with E-state index in [2.05, 4.69) is 72.2 Å². The Morgan fingerprint density at radius 2 is 1.18 bits per heavy atom. The molecule has 3 aromatic heterocycles. The Hall–Kier alpha value is -2.37. The number of aromatic nitrogens is 3. The molecule has 1 aromatic carbocycles. The summed E-state index contributed by atoms with van der Waals surface area (Å²) in [5.41, 5.74) is 8.16. The molecule has 0 saturated heterocycles. The van der Waals surface area contributed by atoms with Crippen LogP contribution in [0.5, 0.6) is 0 Å². The van der Waals surface area contributed by atoms with Gasteiger partial charge >= 0.3 is 0 Å². The molecule has 138 valence electrons. The highest BCUT2D eigenvalue weighted by atomic mass is 79.9. The molecule has 0 amide bonds. The summed E-state index contributed by atoms with van der Waals surface area (Å²) in [5, 5.41) is 1.65. The van der Waals surface area contributed by atoms with Gasteiger partial charge in [0.05, 0.1) is 22.8 Å². The van der Waals surface area contributed by atoms with E-state index < -0.39 is 0 Å². The molecule has 0 unspecified atom stereocenters. The van der Waals surface area contributed by atoms with Gasteiger partial charge in [-0.25, -0.2) is 4.98 Å². The van der Waals surface area contributed by atoms with Crippen molar-refractivity contribution in [3.8, 4) is 33.9 Å². The maximum Gasteiger partial charge on any atom is 0.0900 e. The van der Waals surface area contributed by atoms with E-state index in [1.165, 1.54) is 11.1 Å². The smallest absolute Gasteiger partial charge is 0.0900 e. The van der Waals surface area contributed by atoms with Gasteiger partial charge in [-0.15, -0.1) is 0 Å². The average Bonchev–Trinajstić information content (AvgIpc) is 2.79. The topological polar surface area (TPSA) is 38.7 Å². The first-order chi connectivity index (χ1) is 13.8. The first kappa shape index (κ1) is 19.0. The molecule has 0 saturated carbocycles. The molecular formula is C23H17Br2N3. The van der Waals surface area contributed by atoms with Gasteiger partial charge in [0, 0.05) is 23.1 Å². The quantitative estimate of drug-likeness (QED) is 0.291. The Balaban J connectivity index is 1.89. The summed E-state index contributed by atoms with van der Waals surface area (Å²) in [4.78, 5) is 13.8. The van der Waals surface area contributed by atoms with E-state index in [0.717, 1.165) is 44.6 Å². The fraction of sp³-hybridized carbons (Fsp3) is 0.0870. The van der Waals surface area contributed by atoms with Crippen molar-refractivity contribution in [2.24, 2.45) is 0 Å². The maximum absolute atomic E-state index is 4.83. The van der Waals surface area contributed by atoms with Crippen LogP contribution in [0.3, 0.4) is 0 Å². The van der Waals surface area contributed by atoms with Gasteiger partial charge in [0.25, 0.3) is 0 Å². The molecule has 4 rings (SSSR count).